The molecule has 0 radical (unpaired) electrons. The minimum Gasteiger partial charge on any atom is -0.383 e. The van der Waals surface area contributed by atoms with Crippen molar-refractivity contribution in [2.75, 3.05) is 5.73 Å². The average molecular weight is 191 g/mol. The molecule has 13 heavy (non-hydrogen) atoms. The van der Waals surface area contributed by atoms with Crippen LogP contribution in [0.1, 0.15) is 10.4 Å². The molecule has 0 aliphatic carbocycles. The second-order valence-corrected chi connectivity index (χ2v) is 3.66. The Bertz CT molecular complexity index is 384. The molecule has 2 aromatic heterocycles. The summed E-state index contributed by atoms with van der Waals surface area (Å²) < 4.78 is 0. The Morgan fingerprint density at radius 1 is 1.46 bits per heavy atom. The Morgan fingerprint density at radius 2 is 2.38 bits per heavy atom. The van der Waals surface area contributed by atoms with Gasteiger partial charge in [-0.25, -0.2) is 4.98 Å². The molecule has 0 fully saturated rings. The van der Waals surface area contributed by atoms with E-state index in [9.17, 15) is 0 Å². The van der Waals surface area contributed by atoms with E-state index in [1.165, 1.54) is 4.88 Å². The zero-order chi connectivity index (χ0) is 9.10. The molecule has 0 amide bonds. The fraction of sp³-hybridized carbons (Fsp3) is 0.111. The van der Waals surface area contributed by atoms with Gasteiger partial charge in [-0.1, -0.05) is 6.07 Å². The van der Waals surface area contributed by atoms with Gasteiger partial charge in [0.2, 0.25) is 0 Å². The van der Waals surface area contributed by atoms with Crippen LogP contribution in [-0.4, -0.2) is 9.97 Å². The van der Waals surface area contributed by atoms with Crippen molar-refractivity contribution in [1.82, 2.24) is 9.97 Å². The van der Waals surface area contributed by atoms with E-state index >= 15 is 0 Å². The standard InChI is InChI=1S/C9H9N3S/c10-9-7(2-1-3-12-9)4-8-5-11-6-13-8/h1-3,5-6H,4H2,(H2,10,12). The zero-order valence-corrected chi connectivity index (χ0v) is 7.79. The van der Waals surface area contributed by atoms with Crippen LogP contribution in [-0.2, 0) is 6.42 Å². The topological polar surface area (TPSA) is 51.8 Å². The van der Waals surface area contributed by atoms with Crippen molar-refractivity contribution < 1.29 is 0 Å². The van der Waals surface area contributed by atoms with Gasteiger partial charge in [-0.3, -0.25) is 4.98 Å². The van der Waals surface area contributed by atoms with Crippen LogP contribution in [0.5, 0.6) is 0 Å². The zero-order valence-electron chi connectivity index (χ0n) is 6.97. The maximum Gasteiger partial charge on any atom is 0.126 e. The molecule has 0 aromatic carbocycles. The van der Waals surface area contributed by atoms with E-state index < -0.39 is 0 Å². The summed E-state index contributed by atoms with van der Waals surface area (Å²) in [4.78, 5) is 9.24. The van der Waals surface area contributed by atoms with Crippen LogP contribution in [0.2, 0.25) is 0 Å². The van der Waals surface area contributed by atoms with Crippen molar-refractivity contribution in [1.29, 1.82) is 0 Å². The van der Waals surface area contributed by atoms with Crippen LogP contribution < -0.4 is 5.73 Å². The van der Waals surface area contributed by atoms with Crippen LogP contribution in [0.3, 0.4) is 0 Å². The molecule has 0 bridgehead atoms. The second kappa shape index (κ2) is 3.53. The van der Waals surface area contributed by atoms with Gasteiger partial charge < -0.3 is 5.73 Å². The van der Waals surface area contributed by atoms with Gasteiger partial charge in [0.25, 0.3) is 0 Å². The van der Waals surface area contributed by atoms with Gasteiger partial charge in [-0.2, -0.15) is 0 Å². The average Bonchev–Trinajstić information content (AvgIpc) is 2.61. The Labute approximate surface area is 80.3 Å². The van der Waals surface area contributed by atoms with E-state index in [1.54, 1.807) is 17.5 Å². The molecule has 0 aliphatic rings. The Morgan fingerprint density at radius 3 is 3.08 bits per heavy atom. The minimum atomic E-state index is 0.607. The van der Waals surface area contributed by atoms with Crippen molar-refractivity contribution in [2.45, 2.75) is 6.42 Å². The second-order valence-electron chi connectivity index (χ2n) is 2.69. The van der Waals surface area contributed by atoms with E-state index in [1.807, 2.05) is 23.8 Å². The van der Waals surface area contributed by atoms with Crippen molar-refractivity contribution in [3.63, 3.8) is 0 Å². The number of hydrogen-bond acceptors (Lipinski definition) is 4. The highest BCUT2D eigenvalue weighted by atomic mass is 32.1. The predicted molar refractivity (Wildman–Crippen MR) is 53.6 cm³/mol. The van der Waals surface area contributed by atoms with Gasteiger partial charge >= 0.3 is 0 Å². The molecular weight excluding hydrogens is 182 g/mol. The largest absolute Gasteiger partial charge is 0.383 e. The number of thiazole rings is 1. The van der Waals surface area contributed by atoms with Crippen molar-refractivity contribution in [3.8, 4) is 0 Å². The van der Waals surface area contributed by atoms with E-state index in [0.717, 1.165) is 12.0 Å². The number of aromatic nitrogens is 2. The molecule has 2 aromatic rings. The van der Waals surface area contributed by atoms with Gasteiger partial charge in [0.15, 0.2) is 0 Å². The van der Waals surface area contributed by atoms with Crippen molar-refractivity contribution in [2.24, 2.45) is 0 Å². The summed E-state index contributed by atoms with van der Waals surface area (Å²) in [6, 6.07) is 3.88. The Balaban J connectivity index is 2.24. The highest BCUT2D eigenvalue weighted by Gasteiger charge is 2.01. The first-order chi connectivity index (χ1) is 6.36. The molecule has 0 saturated heterocycles. The number of rotatable bonds is 2. The van der Waals surface area contributed by atoms with Gasteiger partial charge in [0.1, 0.15) is 5.82 Å². The molecule has 3 nitrogen and oxygen atoms in total. The third-order valence-corrected chi connectivity index (χ3v) is 2.55. The van der Waals surface area contributed by atoms with Crippen molar-refractivity contribution >= 4 is 17.2 Å². The molecular formula is C9H9N3S. The van der Waals surface area contributed by atoms with Crippen LogP contribution in [0.4, 0.5) is 5.82 Å². The number of hydrogen-bond donors (Lipinski definition) is 1. The first-order valence-electron chi connectivity index (χ1n) is 3.93. The molecule has 4 heteroatoms. The predicted octanol–water partition coefficient (Wildman–Crippen LogP) is 1.71. The summed E-state index contributed by atoms with van der Waals surface area (Å²) in [6.07, 6.45) is 4.38. The normalized spacial score (nSPS) is 10.2. The number of nitrogens with two attached hydrogens (primary N) is 1. The van der Waals surface area contributed by atoms with Gasteiger partial charge in [0, 0.05) is 23.7 Å². The van der Waals surface area contributed by atoms with Crippen LogP contribution >= 0.6 is 11.3 Å². The first kappa shape index (κ1) is 8.19. The lowest BCUT2D eigenvalue weighted by atomic mass is 10.2. The maximum atomic E-state index is 5.71. The van der Waals surface area contributed by atoms with Crippen LogP contribution in [0, 0.1) is 0 Å². The highest BCUT2D eigenvalue weighted by Crippen LogP contribution is 2.15. The quantitative estimate of drug-likeness (QED) is 0.786. The van der Waals surface area contributed by atoms with E-state index in [4.69, 9.17) is 5.73 Å². The Hall–Kier alpha value is -1.42. The highest BCUT2D eigenvalue weighted by molar-refractivity contribution is 7.09. The number of nitrogens with zero attached hydrogens (tertiary/aromatic N) is 2. The molecule has 2 N–H and O–H groups in total. The smallest absolute Gasteiger partial charge is 0.126 e. The SMILES string of the molecule is Nc1ncccc1Cc1cncs1. The molecule has 0 saturated carbocycles. The van der Waals surface area contributed by atoms with Gasteiger partial charge in [-0.05, 0) is 11.6 Å². The van der Waals surface area contributed by atoms with Crippen molar-refractivity contribution in [3.05, 3.63) is 40.5 Å². The summed E-state index contributed by atoms with van der Waals surface area (Å²) in [6.45, 7) is 0. The van der Waals surface area contributed by atoms with Gasteiger partial charge in [-0.15, -0.1) is 11.3 Å². The molecule has 2 rings (SSSR count). The summed E-state index contributed by atoms with van der Waals surface area (Å²) >= 11 is 1.63. The molecule has 0 atom stereocenters. The van der Waals surface area contributed by atoms with E-state index in [2.05, 4.69) is 9.97 Å². The van der Waals surface area contributed by atoms with Crippen LogP contribution in [0.25, 0.3) is 0 Å². The molecule has 2 heterocycles. The lowest BCUT2D eigenvalue weighted by Crippen LogP contribution is -1.96. The first-order valence-corrected chi connectivity index (χ1v) is 4.81. The fourth-order valence-corrected chi connectivity index (χ4v) is 1.74. The molecule has 0 unspecified atom stereocenters. The number of anilines is 1. The third-order valence-electron chi connectivity index (χ3n) is 1.77. The lowest BCUT2D eigenvalue weighted by Gasteiger charge is -2.00. The number of nitrogen functional groups attached to an aromatic ring is 1. The van der Waals surface area contributed by atoms with E-state index in [0.29, 0.717) is 5.82 Å². The fourth-order valence-electron chi connectivity index (χ4n) is 1.12. The summed E-state index contributed by atoms with van der Waals surface area (Å²) in [5, 5.41) is 0. The summed E-state index contributed by atoms with van der Waals surface area (Å²) in [5.74, 6) is 0.607. The summed E-state index contributed by atoms with van der Waals surface area (Å²) in [7, 11) is 0. The third kappa shape index (κ3) is 1.84. The van der Waals surface area contributed by atoms with Gasteiger partial charge in [0.05, 0.1) is 5.51 Å². The van der Waals surface area contributed by atoms with Crippen LogP contribution in [0.15, 0.2) is 30.0 Å². The molecule has 0 aliphatic heterocycles. The van der Waals surface area contributed by atoms with E-state index in [-0.39, 0.29) is 0 Å². The maximum absolute atomic E-state index is 5.71. The molecule has 0 spiro atoms. The molecule has 66 valence electrons. The lowest BCUT2D eigenvalue weighted by molar-refractivity contribution is 1.17. The minimum absolute atomic E-state index is 0.607. The summed E-state index contributed by atoms with van der Waals surface area (Å²) in [5.41, 5.74) is 8.59. The monoisotopic (exact) mass is 191 g/mol. The number of pyridine rings is 1. The Kier molecular flexibility index (Phi) is 2.23.